The van der Waals surface area contributed by atoms with Crippen LogP contribution in [0.25, 0.3) is 0 Å². The highest BCUT2D eigenvalue weighted by Crippen LogP contribution is 2.02. The molecule has 1 aliphatic heterocycles. The van der Waals surface area contributed by atoms with Crippen LogP contribution in [-0.2, 0) is 8.98 Å². The van der Waals surface area contributed by atoms with Crippen LogP contribution in [-0.4, -0.2) is 61.3 Å². The van der Waals surface area contributed by atoms with Crippen molar-refractivity contribution < 1.29 is 8.98 Å². The fraction of sp³-hybridized carbons (Fsp3) is 0.889. The van der Waals surface area contributed by atoms with Gasteiger partial charge < -0.3 is 9.08 Å². The molecule has 0 atom stereocenters. The summed E-state index contributed by atoms with van der Waals surface area (Å²) in [6.45, 7) is 7.01. The third-order valence-corrected chi connectivity index (χ3v) is 2.83. The molecular formula is C9H18N2O2S. The number of carbonyl (C=O) groups is 1. The fourth-order valence-electron chi connectivity index (χ4n) is 1.54. The number of nitrogens with zero attached hydrogens (tertiary/aromatic N) is 2. The van der Waals surface area contributed by atoms with Gasteiger partial charge in [-0.3, -0.25) is 9.69 Å². The van der Waals surface area contributed by atoms with Crippen LogP contribution in [0.4, 0.5) is 0 Å². The van der Waals surface area contributed by atoms with Gasteiger partial charge in [-0.05, 0) is 12.0 Å². The van der Waals surface area contributed by atoms with Crippen LogP contribution in [0.1, 0.15) is 6.92 Å². The lowest BCUT2D eigenvalue weighted by Gasteiger charge is -2.33. The Labute approximate surface area is 89.8 Å². The molecule has 14 heavy (non-hydrogen) atoms. The lowest BCUT2D eigenvalue weighted by atomic mass is 10.3. The van der Waals surface area contributed by atoms with Crippen molar-refractivity contribution in [1.29, 1.82) is 0 Å². The highest BCUT2D eigenvalue weighted by atomic mass is 32.2. The van der Waals surface area contributed by atoms with Crippen molar-refractivity contribution in [2.45, 2.75) is 6.92 Å². The lowest BCUT2D eigenvalue weighted by Crippen LogP contribution is -2.48. The first-order valence-corrected chi connectivity index (χ1v) is 6.02. The van der Waals surface area contributed by atoms with Crippen LogP contribution >= 0.6 is 12.0 Å². The maximum atomic E-state index is 11.0. The Bertz CT molecular complexity index is 182. The largest absolute Gasteiger partial charge is 0.340 e. The van der Waals surface area contributed by atoms with Crippen molar-refractivity contribution >= 4 is 17.9 Å². The molecule has 0 aromatic carbocycles. The van der Waals surface area contributed by atoms with E-state index in [1.165, 1.54) is 12.0 Å². The zero-order valence-electron chi connectivity index (χ0n) is 8.86. The van der Waals surface area contributed by atoms with E-state index in [9.17, 15) is 4.79 Å². The van der Waals surface area contributed by atoms with Gasteiger partial charge in [-0.2, -0.15) is 0 Å². The van der Waals surface area contributed by atoms with E-state index < -0.39 is 0 Å². The predicted molar refractivity (Wildman–Crippen MR) is 58.2 cm³/mol. The van der Waals surface area contributed by atoms with E-state index in [1.54, 1.807) is 6.92 Å². The van der Waals surface area contributed by atoms with Gasteiger partial charge in [0.1, 0.15) is 0 Å². The summed E-state index contributed by atoms with van der Waals surface area (Å²) in [5.41, 5.74) is 0. The summed E-state index contributed by atoms with van der Waals surface area (Å²) < 4.78 is 5.20. The van der Waals surface area contributed by atoms with E-state index in [0.717, 1.165) is 39.3 Å². The standard InChI is InChI=1S/C9H18N2O2S/c1-9(12)11-5-3-10(4-6-11)7-8-13-14-2/h3-8H2,1-2H3. The van der Waals surface area contributed by atoms with Gasteiger partial charge in [0.2, 0.25) is 5.91 Å². The van der Waals surface area contributed by atoms with Gasteiger partial charge in [0, 0.05) is 45.9 Å². The number of piperazine rings is 1. The Balaban J connectivity index is 2.12. The molecule has 0 unspecified atom stereocenters. The van der Waals surface area contributed by atoms with Gasteiger partial charge in [-0.1, -0.05) is 0 Å². The van der Waals surface area contributed by atoms with Crippen LogP contribution in [0.15, 0.2) is 0 Å². The van der Waals surface area contributed by atoms with Crippen LogP contribution in [0.3, 0.4) is 0 Å². The predicted octanol–water partition coefficient (Wildman–Crippen LogP) is 0.445. The third-order valence-electron chi connectivity index (χ3n) is 2.43. The summed E-state index contributed by atoms with van der Waals surface area (Å²) in [5.74, 6) is 0.185. The van der Waals surface area contributed by atoms with Gasteiger partial charge in [0.25, 0.3) is 0 Å². The molecule has 1 rings (SSSR count). The van der Waals surface area contributed by atoms with Crippen molar-refractivity contribution in [2.75, 3.05) is 45.6 Å². The van der Waals surface area contributed by atoms with Gasteiger partial charge in [0.15, 0.2) is 0 Å². The first kappa shape index (κ1) is 11.8. The Morgan fingerprint density at radius 3 is 2.50 bits per heavy atom. The Kier molecular flexibility index (Phi) is 5.29. The molecule has 82 valence electrons. The van der Waals surface area contributed by atoms with Gasteiger partial charge in [0.05, 0.1) is 6.61 Å². The minimum Gasteiger partial charge on any atom is -0.340 e. The van der Waals surface area contributed by atoms with Gasteiger partial charge in [-0.25, -0.2) is 0 Å². The second-order valence-electron chi connectivity index (χ2n) is 3.34. The smallest absolute Gasteiger partial charge is 0.219 e. The van der Waals surface area contributed by atoms with Crippen LogP contribution < -0.4 is 0 Å². The van der Waals surface area contributed by atoms with Crippen LogP contribution in [0, 0.1) is 0 Å². The molecule has 0 bridgehead atoms. The quantitative estimate of drug-likeness (QED) is 0.506. The Morgan fingerprint density at radius 1 is 1.36 bits per heavy atom. The maximum Gasteiger partial charge on any atom is 0.219 e. The van der Waals surface area contributed by atoms with Crippen molar-refractivity contribution in [3.8, 4) is 0 Å². The molecule has 1 aliphatic rings. The molecule has 0 radical (unpaired) electrons. The van der Waals surface area contributed by atoms with Gasteiger partial charge >= 0.3 is 0 Å². The fourth-order valence-corrected chi connectivity index (χ4v) is 1.78. The number of rotatable bonds is 4. The van der Waals surface area contributed by atoms with Crippen molar-refractivity contribution in [1.82, 2.24) is 9.80 Å². The summed E-state index contributed by atoms with van der Waals surface area (Å²) in [4.78, 5) is 15.3. The van der Waals surface area contributed by atoms with E-state index in [4.69, 9.17) is 4.18 Å². The molecule has 0 saturated carbocycles. The summed E-state index contributed by atoms with van der Waals surface area (Å²) in [5, 5.41) is 0. The molecule has 1 amide bonds. The van der Waals surface area contributed by atoms with Crippen molar-refractivity contribution in [2.24, 2.45) is 0 Å². The van der Waals surface area contributed by atoms with Crippen LogP contribution in [0.2, 0.25) is 0 Å². The summed E-state index contributed by atoms with van der Waals surface area (Å²) in [6.07, 6.45) is 1.92. The maximum absolute atomic E-state index is 11.0. The Morgan fingerprint density at radius 2 is 2.00 bits per heavy atom. The monoisotopic (exact) mass is 218 g/mol. The first-order chi connectivity index (χ1) is 6.74. The summed E-state index contributed by atoms with van der Waals surface area (Å²) in [7, 11) is 0. The summed E-state index contributed by atoms with van der Waals surface area (Å²) in [6, 6.07) is 0. The molecule has 1 saturated heterocycles. The van der Waals surface area contributed by atoms with E-state index >= 15 is 0 Å². The molecule has 4 nitrogen and oxygen atoms in total. The zero-order chi connectivity index (χ0) is 10.4. The van der Waals surface area contributed by atoms with Crippen LogP contribution in [0.5, 0.6) is 0 Å². The SMILES string of the molecule is CSOCCN1CCN(C(C)=O)CC1. The Hall–Kier alpha value is -0.260. The lowest BCUT2D eigenvalue weighted by molar-refractivity contribution is -0.130. The molecule has 0 N–H and O–H groups in total. The van der Waals surface area contributed by atoms with Gasteiger partial charge in [-0.15, -0.1) is 0 Å². The summed E-state index contributed by atoms with van der Waals surface area (Å²) >= 11 is 1.40. The average Bonchev–Trinajstić information content (AvgIpc) is 2.19. The first-order valence-electron chi connectivity index (χ1n) is 4.87. The number of amides is 1. The zero-order valence-corrected chi connectivity index (χ0v) is 9.68. The normalized spacial score (nSPS) is 18.6. The average molecular weight is 218 g/mol. The molecule has 0 aromatic heterocycles. The number of hydrogen-bond acceptors (Lipinski definition) is 4. The molecule has 1 fully saturated rings. The molecule has 0 aliphatic carbocycles. The minimum absolute atomic E-state index is 0.185. The number of hydrogen-bond donors (Lipinski definition) is 0. The second-order valence-corrected chi connectivity index (χ2v) is 3.91. The molecule has 0 aromatic rings. The molecule has 5 heteroatoms. The minimum atomic E-state index is 0.185. The second kappa shape index (κ2) is 6.27. The van der Waals surface area contributed by atoms with Crippen molar-refractivity contribution in [3.05, 3.63) is 0 Å². The molecule has 1 heterocycles. The molecular weight excluding hydrogens is 200 g/mol. The van der Waals surface area contributed by atoms with E-state index in [0.29, 0.717) is 0 Å². The van der Waals surface area contributed by atoms with E-state index in [-0.39, 0.29) is 5.91 Å². The van der Waals surface area contributed by atoms with E-state index in [2.05, 4.69) is 4.90 Å². The van der Waals surface area contributed by atoms with E-state index in [1.807, 2.05) is 11.2 Å². The highest BCUT2D eigenvalue weighted by molar-refractivity contribution is 7.93. The highest BCUT2D eigenvalue weighted by Gasteiger charge is 2.17. The number of carbonyl (C=O) groups excluding carboxylic acids is 1. The van der Waals surface area contributed by atoms with Crippen molar-refractivity contribution in [3.63, 3.8) is 0 Å². The third kappa shape index (κ3) is 3.86. The topological polar surface area (TPSA) is 32.8 Å². The molecule has 0 spiro atoms.